The molecule has 4 rings (SSSR count). The van der Waals surface area contributed by atoms with Crippen molar-refractivity contribution in [1.29, 1.82) is 0 Å². The van der Waals surface area contributed by atoms with Gasteiger partial charge in [0.05, 0.1) is 25.3 Å². The highest BCUT2D eigenvalue weighted by Crippen LogP contribution is 2.41. The Morgan fingerprint density at radius 3 is 2.17 bits per heavy atom. The van der Waals surface area contributed by atoms with Crippen LogP contribution in [0.15, 0.2) is 42.5 Å². The number of ether oxygens (including phenoxy) is 4. The molecule has 0 unspecified atom stereocenters. The van der Waals surface area contributed by atoms with Crippen LogP contribution < -0.4 is 10.4 Å². The van der Waals surface area contributed by atoms with Crippen LogP contribution >= 0.6 is 23.2 Å². The molecule has 0 amide bonds. The lowest BCUT2D eigenvalue weighted by Gasteiger charge is -2.38. The average molecular weight is 529 g/mol. The predicted octanol–water partition coefficient (Wildman–Crippen LogP) is 4.87. The summed E-state index contributed by atoms with van der Waals surface area (Å²) in [6.45, 7) is 4.43. The molecule has 36 heavy (non-hydrogen) atoms. The number of hydrogen-bond acceptors (Lipinski definition) is 6. The highest BCUT2D eigenvalue weighted by Gasteiger charge is 2.42. The number of hydrogen-bond donors (Lipinski definition) is 0. The highest BCUT2D eigenvalue weighted by atomic mass is 35.5. The van der Waals surface area contributed by atoms with Gasteiger partial charge in [0.25, 0.3) is 0 Å². The van der Waals surface area contributed by atoms with E-state index in [2.05, 4.69) is 0 Å². The first-order valence-electron chi connectivity index (χ1n) is 11.5. The minimum absolute atomic E-state index is 0.0496. The van der Waals surface area contributed by atoms with Gasteiger partial charge in [-0.2, -0.15) is 0 Å². The summed E-state index contributed by atoms with van der Waals surface area (Å²) in [6, 6.07) is 12.3. The summed E-state index contributed by atoms with van der Waals surface area (Å²) < 4.78 is 22.9. The fraction of sp³-hybridized carbons (Fsp3) is 0.286. The molecule has 0 fully saturated rings. The first-order chi connectivity index (χ1) is 17.3. The summed E-state index contributed by atoms with van der Waals surface area (Å²) in [6.07, 6.45) is 2.35. The van der Waals surface area contributed by atoms with E-state index in [0.717, 1.165) is 10.4 Å². The molecule has 0 N–H and O–H groups in total. The number of methoxy groups -OCH3 is 2. The van der Waals surface area contributed by atoms with Crippen LogP contribution in [0.2, 0.25) is 10.0 Å². The van der Waals surface area contributed by atoms with Crippen molar-refractivity contribution in [3.05, 3.63) is 79.6 Å². The average Bonchev–Trinajstić information content (AvgIpc) is 2.87. The fourth-order valence-corrected chi connectivity index (χ4v) is 5.16. The molecule has 3 aromatic rings. The van der Waals surface area contributed by atoms with Gasteiger partial charge in [-0.1, -0.05) is 41.4 Å². The molecular weight excluding hydrogens is 503 g/mol. The fourth-order valence-electron chi connectivity index (χ4n) is 4.80. The number of carbonyl (C=O) groups excluding carboxylic acids is 2. The van der Waals surface area contributed by atoms with E-state index in [4.69, 9.17) is 42.1 Å². The third-order valence-corrected chi connectivity index (χ3v) is 6.63. The molecule has 0 aliphatic heterocycles. The maximum atomic E-state index is 13.3. The molecule has 0 radical (unpaired) electrons. The first-order valence-corrected chi connectivity index (χ1v) is 12.3. The van der Waals surface area contributed by atoms with E-state index in [9.17, 15) is 9.59 Å². The Balaban J connectivity index is 2.32. The quantitative estimate of drug-likeness (QED) is 0.321. The molecule has 0 saturated carbocycles. The zero-order valence-corrected chi connectivity index (χ0v) is 22.0. The number of rotatable bonds is 7. The van der Waals surface area contributed by atoms with Gasteiger partial charge in [0.15, 0.2) is 5.79 Å². The van der Waals surface area contributed by atoms with Crippen LogP contribution in [-0.4, -0.2) is 45.2 Å². The Hall–Kier alpha value is -2.90. The minimum Gasteiger partial charge on any atom is -0.465 e. The monoisotopic (exact) mass is 528 g/mol. The second kappa shape index (κ2) is 10.6. The second-order valence-corrected chi connectivity index (χ2v) is 9.03. The summed E-state index contributed by atoms with van der Waals surface area (Å²) >= 11 is 12.6. The Kier molecular flexibility index (Phi) is 7.71. The largest absolute Gasteiger partial charge is 0.465 e. The SMILES string of the molecule is CCOC1(OCC)CC=c2cc(Cl)ccc2=C1c1c(C(=O)OC)c(C(=O)OC)cc2cc(Cl)ccc12. The molecule has 1 aliphatic rings. The number of carbonyl (C=O) groups is 2. The van der Waals surface area contributed by atoms with Crippen LogP contribution in [-0.2, 0) is 18.9 Å². The van der Waals surface area contributed by atoms with Crippen molar-refractivity contribution in [2.45, 2.75) is 26.1 Å². The van der Waals surface area contributed by atoms with E-state index in [1.807, 2.05) is 38.1 Å². The van der Waals surface area contributed by atoms with Crippen LogP contribution in [0, 0.1) is 0 Å². The standard InChI is InChI=1S/C28H26Cl2O6/c1-5-35-28(36-6-2)12-11-16-13-18(29)8-10-21(16)25(28)23-20-9-7-19(30)14-17(20)15-22(26(31)33-3)24(23)27(32)34-4/h7-11,13-15H,5-6,12H2,1-4H3. The molecule has 0 bridgehead atoms. The van der Waals surface area contributed by atoms with Crippen LogP contribution in [0.25, 0.3) is 22.4 Å². The van der Waals surface area contributed by atoms with Gasteiger partial charge in [-0.25, -0.2) is 9.59 Å². The Morgan fingerprint density at radius 2 is 1.53 bits per heavy atom. The Morgan fingerprint density at radius 1 is 0.889 bits per heavy atom. The first kappa shape index (κ1) is 26.2. The van der Waals surface area contributed by atoms with Gasteiger partial charge in [0.2, 0.25) is 0 Å². The van der Waals surface area contributed by atoms with Crippen molar-refractivity contribution < 1.29 is 28.5 Å². The zero-order valence-electron chi connectivity index (χ0n) is 20.4. The number of halogens is 2. The van der Waals surface area contributed by atoms with Crippen molar-refractivity contribution in [2.24, 2.45) is 0 Å². The third-order valence-electron chi connectivity index (χ3n) is 6.16. The summed E-state index contributed by atoms with van der Waals surface area (Å²) in [5.74, 6) is -2.62. The molecule has 0 atom stereocenters. The molecule has 3 aromatic carbocycles. The molecule has 188 valence electrons. The van der Waals surface area contributed by atoms with Crippen LogP contribution in [0.4, 0.5) is 0 Å². The molecule has 6 nitrogen and oxygen atoms in total. The third kappa shape index (κ3) is 4.50. The van der Waals surface area contributed by atoms with Gasteiger partial charge >= 0.3 is 11.9 Å². The van der Waals surface area contributed by atoms with Crippen molar-refractivity contribution in [2.75, 3.05) is 27.4 Å². The second-order valence-electron chi connectivity index (χ2n) is 8.16. The van der Waals surface area contributed by atoms with E-state index in [-0.39, 0.29) is 11.1 Å². The van der Waals surface area contributed by atoms with Crippen molar-refractivity contribution >= 4 is 57.6 Å². The summed E-state index contributed by atoms with van der Waals surface area (Å²) in [5.41, 5.74) is 1.16. The topological polar surface area (TPSA) is 71.1 Å². The lowest BCUT2D eigenvalue weighted by Crippen LogP contribution is -2.47. The zero-order chi connectivity index (χ0) is 26.0. The molecule has 1 aliphatic carbocycles. The number of esters is 2. The minimum atomic E-state index is -1.24. The van der Waals surface area contributed by atoms with Gasteiger partial charge in [-0.15, -0.1) is 0 Å². The molecule has 8 heteroatoms. The van der Waals surface area contributed by atoms with Crippen LogP contribution in [0.1, 0.15) is 46.5 Å². The van der Waals surface area contributed by atoms with E-state index in [1.165, 1.54) is 14.2 Å². The van der Waals surface area contributed by atoms with E-state index < -0.39 is 17.7 Å². The molecular formula is C28H26Cl2O6. The van der Waals surface area contributed by atoms with E-state index in [0.29, 0.717) is 51.6 Å². The van der Waals surface area contributed by atoms with Crippen molar-refractivity contribution in [3.63, 3.8) is 0 Å². The summed E-state index contributed by atoms with van der Waals surface area (Å²) in [4.78, 5) is 26.3. The lowest BCUT2D eigenvalue weighted by atomic mass is 9.81. The van der Waals surface area contributed by atoms with E-state index >= 15 is 0 Å². The number of fused-ring (bicyclic) bond motifs is 2. The smallest absolute Gasteiger partial charge is 0.339 e. The molecule has 0 aromatic heterocycles. The molecule has 0 saturated heterocycles. The highest BCUT2D eigenvalue weighted by molar-refractivity contribution is 6.31. The molecule has 0 spiro atoms. The van der Waals surface area contributed by atoms with Gasteiger partial charge in [0, 0.05) is 40.8 Å². The Labute approximate surface area is 219 Å². The van der Waals surface area contributed by atoms with Crippen molar-refractivity contribution in [3.8, 4) is 0 Å². The molecule has 0 heterocycles. The van der Waals surface area contributed by atoms with Crippen LogP contribution in [0.3, 0.4) is 0 Å². The summed E-state index contributed by atoms with van der Waals surface area (Å²) in [5, 5.41) is 3.98. The lowest BCUT2D eigenvalue weighted by molar-refractivity contribution is -0.187. The summed E-state index contributed by atoms with van der Waals surface area (Å²) in [7, 11) is 2.53. The maximum Gasteiger partial charge on any atom is 0.339 e. The van der Waals surface area contributed by atoms with Crippen molar-refractivity contribution in [1.82, 2.24) is 0 Å². The van der Waals surface area contributed by atoms with Gasteiger partial charge in [-0.3, -0.25) is 0 Å². The van der Waals surface area contributed by atoms with Crippen LogP contribution in [0.5, 0.6) is 0 Å². The predicted molar refractivity (Wildman–Crippen MR) is 140 cm³/mol. The normalized spacial score (nSPS) is 14.2. The number of benzene rings is 3. The van der Waals surface area contributed by atoms with Gasteiger partial charge < -0.3 is 18.9 Å². The maximum absolute atomic E-state index is 13.3. The van der Waals surface area contributed by atoms with Gasteiger partial charge in [0.1, 0.15) is 0 Å². The van der Waals surface area contributed by atoms with Gasteiger partial charge in [-0.05, 0) is 65.4 Å². The Bertz CT molecular complexity index is 1470. The van der Waals surface area contributed by atoms with E-state index in [1.54, 1.807) is 24.3 Å².